The molecule has 0 spiro atoms. The van der Waals surface area contributed by atoms with E-state index >= 15 is 0 Å². The maximum atomic E-state index is 10.7. The van der Waals surface area contributed by atoms with E-state index in [9.17, 15) is 24.6 Å². The minimum atomic E-state index is -2.23. The normalized spacial score (nSPS) is 12.1. The Morgan fingerprint density at radius 1 is 1.31 bits per heavy atom. The molecular formula is C8H8Li2O6. The number of esters is 1. The molecule has 0 aromatic carbocycles. The van der Waals surface area contributed by atoms with E-state index in [2.05, 4.69) is 11.3 Å². The van der Waals surface area contributed by atoms with Crippen LogP contribution in [0.25, 0.3) is 0 Å². The number of aliphatic carboxylic acids is 2. The van der Waals surface area contributed by atoms with Crippen LogP contribution in [0.4, 0.5) is 0 Å². The quantitative estimate of drug-likeness (QED) is 0.255. The Balaban J connectivity index is -0.000000845. The molecule has 6 nitrogen and oxygen atoms in total. The molecule has 0 saturated carbocycles. The van der Waals surface area contributed by atoms with Crippen molar-refractivity contribution in [1.29, 1.82) is 0 Å². The van der Waals surface area contributed by atoms with Gasteiger partial charge in [0.15, 0.2) is 5.60 Å². The molecular weight excluding hydrogens is 206 g/mol. The van der Waals surface area contributed by atoms with Gasteiger partial charge in [-0.3, -0.25) is 0 Å². The van der Waals surface area contributed by atoms with Crippen LogP contribution < -0.4 is 47.9 Å². The van der Waals surface area contributed by atoms with E-state index in [1.807, 2.05) is 0 Å². The smallest absolute Gasteiger partial charge is 0.550 e. The van der Waals surface area contributed by atoms with Crippen LogP contribution in [-0.4, -0.2) is 23.5 Å². The topological polar surface area (TPSA) is 107 Å². The van der Waals surface area contributed by atoms with Crippen molar-refractivity contribution in [1.82, 2.24) is 0 Å². The maximum Gasteiger partial charge on any atom is 1.00 e. The van der Waals surface area contributed by atoms with Crippen LogP contribution in [0.3, 0.4) is 0 Å². The molecule has 0 fully saturated rings. The average Bonchev–Trinajstić information content (AvgIpc) is 2.02. The van der Waals surface area contributed by atoms with Gasteiger partial charge in [0.2, 0.25) is 0 Å². The molecule has 0 aliphatic carbocycles. The van der Waals surface area contributed by atoms with Crippen molar-refractivity contribution in [3.8, 4) is 0 Å². The molecule has 0 N–H and O–H groups in total. The molecule has 0 rings (SSSR count). The molecule has 0 amide bonds. The van der Waals surface area contributed by atoms with E-state index in [4.69, 9.17) is 0 Å². The van der Waals surface area contributed by atoms with E-state index in [0.717, 1.165) is 13.0 Å². The first-order valence-electron chi connectivity index (χ1n) is 3.58. The second-order valence-corrected chi connectivity index (χ2v) is 2.69. The largest absolute Gasteiger partial charge is 1.00 e. The number of ether oxygens (including phenoxy) is 1. The molecule has 1 atom stereocenters. The summed E-state index contributed by atoms with van der Waals surface area (Å²) in [6.07, 6.45) is -0.259. The van der Waals surface area contributed by atoms with Gasteiger partial charge in [-0.15, -0.1) is 0 Å². The molecule has 0 heterocycles. The van der Waals surface area contributed by atoms with Gasteiger partial charge in [0.1, 0.15) is 0 Å². The van der Waals surface area contributed by atoms with E-state index in [1.54, 1.807) is 0 Å². The number of hydrogen-bond donors (Lipinski definition) is 0. The van der Waals surface area contributed by atoms with Crippen molar-refractivity contribution in [3.63, 3.8) is 0 Å². The summed E-state index contributed by atoms with van der Waals surface area (Å²) in [5.41, 5.74) is -2.23. The molecule has 0 bridgehead atoms. The predicted octanol–water partition coefficient (Wildman–Crippen LogP) is -8.63. The van der Waals surface area contributed by atoms with E-state index in [-0.39, 0.29) is 37.7 Å². The summed E-state index contributed by atoms with van der Waals surface area (Å²) in [7, 11) is 0. The van der Waals surface area contributed by atoms with Crippen molar-refractivity contribution in [2.45, 2.75) is 18.9 Å². The van der Waals surface area contributed by atoms with Crippen LogP contribution in [0.5, 0.6) is 0 Å². The Morgan fingerprint density at radius 3 is 2.00 bits per heavy atom. The summed E-state index contributed by atoms with van der Waals surface area (Å²) in [5, 5.41) is 20.7. The second kappa shape index (κ2) is 8.49. The van der Waals surface area contributed by atoms with Gasteiger partial charge in [-0.25, -0.2) is 4.79 Å². The van der Waals surface area contributed by atoms with Gasteiger partial charge in [-0.2, -0.15) is 0 Å². The molecule has 8 heteroatoms. The second-order valence-electron chi connectivity index (χ2n) is 2.69. The first-order chi connectivity index (χ1) is 6.31. The van der Waals surface area contributed by atoms with Crippen LogP contribution in [0.2, 0.25) is 0 Å². The number of carboxylic acid groups (broad SMARTS) is 2. The molecule has 78 valence electrons. The molecule has 0 aliphatic heterocycles. The van der Waals surface area contributed by atoms with Crippen LogP contribution in [0.15, 0.2) is 12.7 Å². The van der Waals surface area contributed by atoms with E-state index in [0.29, 0.717) is 0 Å². The SMILES string of the molecule is C=CC(=O)OC(C)(CC(=O)[O-])C(=O)[O-].[Li+].[Li+]. The minimum Gasteiger partial charge on any atom is -0.550 e. The number of hydrogen-bond acceptors (Lipinski definition) is 6. The zero-order valence-corrected chi connectivity index (χ0v) is 9.44. The van der Waals surface area contributed by atoms with Gasteiger partial charge in [-0.05, 0) is 6.92 Å². The van der Waals surface area contributed by atoms with Gasteiger partial charge in [0, 0.05) is 18.5 Å². The van der Waals surface area contributed by atoms with Crippen molar-refractivity contribution in [2.75, 3.05) is 0 Å². The molecule has 0 aromatic heterocycles. The Kier molecular flexibility index (Phi) is 11.0. The number of carboxylic acids is 2. The van der Waals surface area contributed by atoms with Crippen LogP contribution in [0.1, 0.15) is 13.3 Å². The first-order valence-corrected chi connectivity index (χ1v) is 3.58. The third-order valence-corrected chi connectivity index (χ3v) is 1.41. The fourth-order valence-corrected chi connectivity index (χ4v) is 0.689. The van der Waals surface area contributed by atoms with Crippen molar-refractivity contribution < 1.29 is 67.1 Å². The standard InChI is InChI=1S/C8H10O6.2Li/c1-3-6(11)14-8(2,7(12)13)4-5(9)10;;/h3H,1,4H2,2H3,(H,9,10)(H,12,13);;/q;2*+1/p-2. The number of rotatable bonds is 5. The van der Waals surface area contributed by atoms with Gasteiger partial charge in [0.05, 0.1) is 5.97 Å². The summed E-state index contributed by atoms with van der Waals surface area (Å²) in [5.74, 6) is -4.51. The average molecular weight is 214 g/mol. The van der Waals surface area contributed by atoms with E-state index < -0.39 is 29.9 Å². The van der Waals surface area contributed by atoms with Gasteiger partial charge in [-0.1, -0.05) is 6.58 Å². The van der Waals surface area contributed by atoms with Gasteiger partial charge in [0.25, 0.3) is 0 Å². The molecule has 16 heavy (non-hydrogen) atoms. The maximum absolute atomic E-state index is 10.7. The Bertz CT molecular complexity index is 290. The Morgan fingerprint density at radius 2 is 1.75 bits per heavy atom. The summed E-state index contributed by atoms with van der Waals surface area (Å²) in [6.45, 7) is 3.93. The molecule has 0 saturated heterocycles. The Hall–Kier alpha value is -0.655. The third-order valence-electron chi connectivity index (χ3n) is 1.41. The van der Waals surface area contributed by atoms with Crippen molar-refractivity contribution in [3.05, 3.63) is 12.7 Å². The summed E-state index contributed by atoms with van der Waals surface area (Å²) >= 11 is 0. The zero-order valence-electron chi connectivity index (χ0n) is 9.44. The Labute approximate surface area is 116 Å². The van der Waals surface area contributed by atoms with E-state index in [1.165, 1.54) is 0 Å². The fourth-order valence-electron chi connectivity index (χ4n) is 0.689. The number of carbonyl (C=O) groups excluding carboxylic acids is 3. The molecule has 0 radical (unpaired) electrons. The minimum absolute atomic E-state index is 0. The molecule has 0 aliphatic rings. The van der Waals surface area contributed by atoms with Gasteiger partial charge < -0.3 is 24.5 Å². The summed E-state index contributed by atoms with van der Waals surface area (Å²) in [4.78, 5) is 31.3. The van der Waals surface area contributed by atoms with Crippen LogP contribution in [-0.2, 0) is 19.1 Å². The molecule has 0 aromatic rings. The fraction of sp³-hybridized carbons (Fsp3) is 0.375. The molecule has 1 unspecified atom stereocenters. The third kappa shape index (κ3) is 6.76. The zero-order chi connectivity index (χ0) is 11.4. The van der Waals surface area contributed by atoms with Crippen molar-refractivity contribution in [2.24, 2.45) is 0 Å². The van der Waals surface area contributed by atoms with Gasteiger partial charge >= 0.3 is 43.7 Å². The summed E-state index contributed by atoms with van der Waals surface area (Å²) in [6, 6.07) is 0. The van der Waals surface area contributed by atoms with Crippen molar-refractivity contribution >= 4 is 17.9 Å². The van der Waals surface area contributed by atoms with Crippen LogP contribution in [0, 0.1) is 0 Å². The predicted molar refractivity (Wildman–Crippen MR) is 39.3 cm³/mol. The first kappa shape index (κ1) is 20.7. The van der Waals surface area contributed by atoms with Crippen LogP contribution >= 0.6 is 0 Å². The number of carbonyl (C=O) groups is 3. The monoisotopic (exact) mass is 214 g/mol. The summed E-state index contributed by atoms with van der Waals surface area (Å²) < 4.78 is 4.32.